The van der Waals surface area contributed by atoms with Crippen molar-refractivity contribution >= 4 is 23.2 Å². The molecule has 1 saturated carbocycles. The molecule has 21 heavy (non-hydrogen) atoms. The van der Waals surface area contributed by atoms with E-state index in [-0.39, 0.29) is 5.91 Å². The number of amides is 1. The van der Waals surface area contributed by atoms with Gasteiger partial charge in [-0.05, 0) is 49.8 Å². The van der Waals surface area contributed by atoms with Gasteiger partial charge in [-0.2, -0.15) is 0 Å². The maximum Gasteiger partial charge on any atom is 0.238 e. The molecule has 0 bridgehead atoms. The van der Waals surface area contributed by atoms with Gasteiger partial charge in [-0.1, -0.05) is 17.7 Å². The van der Waals surface area contributed by atoms with Crippen LogP contribution in [-0.4, -0.2) is 31.2 Å². The van der Waals surface area contributed by atoms with Gasteiger partial charge in [-0.25, -0.2) is 0 Å². The zero-order valence-corrected chi connectivity index (χ0v) is 13.0. The van der Waals surface area contributed by atoms with Crippen LogP contribution in [0.3, 0.4) is 0 Å². The van der Waals surface area contributed by atoms with Crippen LogP contribution < -0.4 is 10.6 Å². The smallest absolute Gasteiger partial charge is 0.238 e. The van der Waals surface area contributed by atoms with Crippen LogP contribution in [0.5, 0.6) is 0 Å². The van der Waals surface area contributed by atoms with E-state index in [4.69, 9.17) is 16.3 Å². The zero-order chi connectivity index (χ0) is 14.8. The number of halogens is 1. The number of carbonyl (C=O) groups excluding carboxylic acids is 1. The normalized spacial score (nSPS) is 25.0. The van der Waals surface area contributed by atoms with Gasteiger partial charge in [0.2, 0.25) is 5.91 Å². The number of hydrogen-bond acceptors (Lipinski definition) is 3. The van der Waals surface area contributed by atoms with E-state index in [9.17, 15) is 4.79 Å². The molecule has 1 amide bonds. The molecule has 2 aliphatic rings. The van der Waals surface area contributed by atoms with E-state index in [0.29, 0.717) is 29.6 Å². The van der Waals surface area contributed by atoms with E-state index >= 15 is 0 Å². The predicted molar refractivity (Wildman–Crippen MR) is 83.7 cm³/mol. The first-order valence-corrected chi connectivity index (χ1v) is 7.92. The highest BCUT2D eigenvalue weighted by atomic mass is 35.5. The minimum atomic E-state index is -0.0400. The van der Waals surface area contributed by atoms with Gasteiger partial charge in [0, 0.05) is 23.4 Å². The zero-order valence-electron chi connectivity index (χ0n) is 12.2. The molecule has 0 aromatic heterocycles. The standard InChI is InChI=1S/C16H21ClN2O2/c1-10-2-5-12(17)8-14(10)19-15(20)9-18-13-6-7-21-16(13)11-3-4-11/h2,5,8,11,13,16,18H,3-4,6-7,9H2,1H3,(H,19,20). The molecule has 1 aromatic rings. The molecule has 0 spiro atoms. The molecule has 3 rings (SSSR count). The second kappa shape index (κ2) is 6.34. The van der Waals surface area contributed by atoms with Crippen molar-refractivity contribution in [2.24, 2.45) is 5.92 Å². The highest BCUT2D eigenvalue weighted by Crippen LogP contribution is 2.38. The quantitative estimate of drug-likeness (QED) is 0.879. The fourth-order valence-electron chi connectivity index (χ4n) is 2.87. The highest BCUT2D eigenvalue weighted by molar-refractivity contribution is 6.31. The topological polar surface area (TPSA) is 50.4 Å². The lowest BCUT2D eigenvalue weighted by Gasteiger charge is -2.19. The number of nitrogens with one attached hydrogen (secondary N) is 2. The lowest BCUT2D eigenvalue weighted by atomic mass is 10.1. The number of aryl methyl sites for hydroxylation is 1. The van der Waals surface area contributed by atoms with E-state index in [1.807, 2.05) is 19.1 Å². The summed E-state index contributed by atoms with van der Waals surface area (Å²) >= 11 is 5.96. The summed E-state index contributed by atoms with van der Waals surface area (Å²) in [7, 11) is 0. The number of anilines is 1. The number of carbonyl (C=O) groups is 1. The van der Waals surface area contributed by atoms with E-state index < -0.39 is 0 Å². The second-order valence-electron chi connectivity index (χ2n) is 5.96. The van der Waals surface area contributed by atoms with Gasteiger partial charge in [0.1, 0.15) is 0 Å². The summed E-state index contributed by atoms with van der Waals surface area (Å²) < 4.78 is 5.76. The van der Waals surface area contributed by atoms with E-state index in [2.05, 4.69) is 10.6 Å². The Morgan fingerprint density at radius 1 is 1.38 bits per heavy atom. The van der Waals surface area contributed by atoms with E-state index in [1.54, 1.807) is 6.07 Å². The van der Waals surface area contributed by atoms with Gasteiger partial charge in [-0.3, -0.25) is 4.79 Å². The molecule has 1 heterocycles. The van der Waals surface area contributed by atoms with Crippen molar-refractivity contribution in [3.8, 4) is 0 Å². The molecule has 2 unspecified atom stereocenters. The number of benzene rings is 1. The molecule has 1 aliphatic carbocycles. The van der Waals surface area contributed by atoms with Crippen molar-refractivity contribution in [3.05, 3.63) is 28.8 Å². The van der Waals surface area contributed by atoms with Crippen LogP contribution in [0.1, 0.15) is 24.8 Å². The van der Waals surface area contributed by atoms with Crippen molar-refractivity contribution < 1.29 is 9.53 Å². The summed E-state index contributed by atoms with van der Waals surface area (Å²) in [6, 6.07) is 5.81. The summed E-state index contributed by atoms with van der Waals surface area (Å²) in [5, 5.41) is 6.87. The van der Waals surface area contributed by atoms with Crippen LogP contribution >= 0.6 is 11.6 Å². The van der Waals surface area contributed by atoms with Crippen LogP contribution in [0.4, 0.5) is 5.69 Å². The molecule has 114 valence electrons. The molecular formula is C16H21ClN2O2. The Hall–Kier alpha value is -1.10. The highest BCUT2D eigenvalue weighted by Gasteiger charge is 2.40. The summed E-state index contributed by atoms with van der Waals surface area (Å²) in [4.78, 5) is 12.1. The third-order valence-corrected chi connectivity index (χ3v) is 4.46. The van der Waals surface area contributed by atoms with Gasteiger partial charge in [-0.15, -0.1) is 0 Å². The molecule has 1 aliphatic heterocycles. The van der Waals surface area contributed by atoms with Crippen LogP contribution in [0.2, 0.25) is 5.02 Å². The Balaban J connectivity index is 1.51. The van der Waals surface area contributed by atoms with Crippen molar-refractivity contribution in [1.82, 2.24) is 5.32 Å². The maximum atomic E-state index is 12.1. The molecular weight excluding hydrogens is 288 g/mol. The summed E-state index contributed by atoms with van der Waals surface area (Å²) in [6.45, 7) is 3.06. The van der Waals surface area contributed by atoms with Crippen molar-refractivity contribution in [3.63, 3.8) is 0 Å². The Bertz CT molecular complexity index is 531. The largest absolute Gasteiger partial charge is 0.376 e. The Morgan fingerprint density at radius 2 is 2.19 bits per heavy atom. The first-order valence-electron chi connectivity index (χ1n) is 7.54. The fraction of sp³-hybridized carbons (Fsp3) is 0.562. The first-order chi connectivity index (χ1) is 10.1. The Labute approximate surface area is 130 Å². The van der Waals surface area contributed by atoms with Gasteiger partial charge < -0.3 is 15.4 Å². The summed E-state index contributed by atoms with van der Waals surface area (Å²) in [5.74, 6) is 0.657. The van der Waals surface area contributed by atoms with E-state index in [1.165, 1.54) is 12.8 Å². The Kier molecular flexibility index (Phi) is 4.48. The number of ether oxygens (including phenoxy) is 1. The molecule has 5 heteroatoms. The lowest BCUT2D eigenvalue weighted by Crippen LogP contribution is -2.41. The molecule has 2 fully saturated rings. The maximum absolute atomic E-state index is 12.1. The minimum absolute atomic E-state index is 0.0400. The van der Waals surface area contributed by atoms with Crippen LogP contribution in [0, 0.1) is 12.8 Å². The summed E-state index contributed by atoms with van der Waals surface area (Å²) in [6.07, 6.45) is 3.81. The van der Waals surface area contributed by atoms with Gasteiger partial charge in [0.15, 0.2) is 0 Å². The van der Waals surface area contributed by atoms with Crippen molar-refractivity contribution in [2.45, 2.75) is 38.3 Å². The van der Waals surface area contributed by atoms with Crippen LogP contribution in [-0.2, 0) is 9.53 Å². The average molecular weight is 309 g/mol. The average Bonchev–Trinajstić information content (AvgIpc) is 3.19. The van der Waals surface area contributed by atoms with E-state index in [0.717, 1.165) is 24.3 Å². The van der Waals surface area contributed by atoms with Gasteiger partial charge >= 0.3 is 0 Å². The van der Waals surface area contributed by atoms with Crippen LogP contribution in [0.25, 0.3) is 0 Å². The number of rotatable bonds is 5. The Morgan fingerprint density at radius 3 is 2.95 bits per heavy atom. The third kappa shape index (κ3) is 3.76. The summed E-state index contributed by atoms with van der Waals surface area (Å²) in [5.41, 5.74) is 1.78. The number of hydrogen-bond donors (Lipinski definition) is 2. The minimum Gasteiger partial charge on any atom is -0.376 e. The van der Waals surface area contributed by atoms with Crippen LogP contribution in [0.15, 0.2) is 18.2 Å². The molecule has 2 N–H and O–H groups in total. The fourth-order valence-corrected chi connectivity index (χ4v) is 3.04. The lowest BCUT2D eigenvalue weighted by molar-refractivity contribution is -0.115. The molecule has 4 nitrogen and oxygen atoms in total. The predicted octanol–water partition coefficient (Wildman–Crippen LogP) is 2.74. The molecule has 0 radical (unpaired) electrons. The van der Waals surface area contributed by atoms with Crippen molar-refractivity contribution in [2.75, 3.05) is 18.5 Å². The monoisotopic (exact) mass is 308 g/mol. The molecule has 2 atom stereocenters. The first kappa shape index (κ1) is 14.8. The second-order valence-corrected chi connectivity index (χ2v) is 6.39. The van der Waals surface area contributed by atoms with Gasteiger partial charge in [0.05, 0.1) is 12.6 Å². The third-order valence-electron chi connectivity index (χ3n) is 4.22. The molecule has 1 aromatic carbocycles. The molecule has 1 saturated heterocycles. The SMILES string of the molecule is Cc1ccc(Cl)cc1NC(=O)CNC1CCOC1C1CC1. The van der Waals surface area contributed by atoms with Gasteiger partial charge in [0.25, 0.3) is 0 Å². The van der Waals surface area contributed by atoms with Crippen molar-refractivity contribution in [1.29, 1.82) is 0 Å².